The molecule has 0 spiro atoms. The van der Waals surface area contributed by atoms with Gasteiger partial charge in [0.2, 0.25) is 0 Å². The molecular weight excluding hydrogens is 396 g/mol. The topological polar surface area (TPSA) is 49.8 Å². The van der Waals surface area contributed by atoms with Crippen molar-refractivity contribution in [1.82, 2.24) is 14.9 Å². The molecule has 2 aromatic carbocycles. The maximum atomic E-state index is 13.7. The predicted molar refractivity (Wildman–Crippen MR) is 103 cm³/mol. The van der Waals surface area contributed by atoms with Gasteiger partial charge < -0.3 is 10.3 Å². The zero-order valence-electron chi connectivity index (χ0n) is 13.6. The molecule has 0 bridgehead atoms. The molecule has 134 valence electrons. The van der Waals surface area contributed by atoms with E-state index in [4.69, 9.17) is 35.4 Å². The lowest BCUT2D eigenvalue weighted by Crippen LogP contribution is -2.27. The highest BCUT2D eigenvalue weighted by molar-refractivity contribution is 7.71. The minimum atomic E-state index is -0.584. The van der Waals surface area contributed by atoms with Gasteiger partial charge in [-0.2, -0.15) is 0 Å². The van der Waals surface area contributed by atoms with Crippen molar-refractivity contribution in [2.24, 2.45) is 0 Å². The smallest absolute Gasteiger partial charge is 0.251 e. The van der Waals surface area contributed by atoms with Crippen LogP contribution in [0.2, 0.25) is 10.0 Å². The van der Waals surface area contributed by atoms with Crippen LogP contribution in [0.1, 0.15) is 28.9 Å². The number of amides is 1. The number of nitrogens with one attached hydrogen (secondary N) is 2. The number of nitrogens with zero attached hydrogens (tertiary/aromatic N) is 1. The number of aromatic amines is 1. The molecule has 1 aromatic heterocycles. The van der Waals surface area contributed by atoms with E-state index in [9.17, 15) is 9.18 Å². The van der Waals surface area contributed by atoms with E-state index in [0.717, 1.165) is 5.69 Å². The van der Waals surface area contributed by atoms with E-state index in [1.165, 1.54) is 12.1 Å². The molecule has 3 rings (SSSR count). The zero-order valence-corrected chi connectivity index (χ0v) is 15.9. The van der Waals surface area contributed by atoms with Crippen LogP contribution in [0.25, 0.3) is 5.69 Å². The number of carbonyl (C=O) groups excluding carboxylic acids is 1. The molecule has 1 unspecified atom stereocenters. The zero-order chi connectivity index (χ0) is 18.8. The molecule has 2 N–H and O–H groups in total. The molecule has 1 amide bonds. The van der Waals surface area contributed by atoms with E-state index < -0.39 is 11.9 Å². The number of benzene rings is 2. The first-order chi connectivity index (χ1) is 12.4. The molecule has 0 aliphatic heterocycles. The molecule has 1 heterocycles. The van der Waals surface area contributed by atoms with Crippen LogP contribution in [0.5, 0.6) is 0 Å². The lowest BCUT2D eigenvalue weighted by molar-refractivity contribution is 0.0940. The molecule has 0 aliphatic carbocycles. The number of aromatic nitrogens is 2. The number of rotatable bonds is 4. The quantitative estimate of drug-likeness (QED) is 0.443. The Morgan fingerprint density at radius 2 is 1.92 bits per heavy atom. The Kier molecular flexibility index (Phi) is 5.46. The summed E-state index contributed by atoms with van der Waals surface area (Å²) in [7, 11) is 0. The van der Waals surface area contributed by atoms with Crippen molar-refractivity contribution in [2.45, 2.75) is 13.0 Å². The first-order valence-electron chi connectivity index (χ1n) is 7.68. The highest BCUT2D eigenvalue weighted by Crippen LogP contribution is 2.28. The third-order valence-corrected chi connectivity index (χ3v) is 4.84. The molecule has 0 radical (unpaired) electrons. The van der Waals surface area contributed by atoms with Crippen molar-refractivity contribution in [1.29, 1.82) is 0 Å². The predicted octanol–water partition coefficient (Wildman–Crippen LogP) is 5.47. The largest absolute Gasteiger partial charge is 0.345 e. The summed E-state index contributed by atoms with van der Waals surface area (Å²) in [5, 5.41) is 3.03. The summed E-state index contributed by atoms with van der Waals surface area (Å²) >= 11 is 17.0. The Morgan fingerprint density at radius 3 is 2.54 bits per heavy atom. The minimum absolute atomic E-state index is 0.0590. The SMILES string of the molecule is CC(NC(=O)c1ccc(-n2cc[nH]c2=S)cc1)c1cc(F)c(Cl)cc1Cl. The molecule has 4 nitrogen and oxygen atoms in total. The molecule has 0 aliphatic rings. The lowest BCUT2D eigenvalue weighted by atomic mass is 10.1. The summed E-state index contributed by atoms with van der Waals surface area (Å²) in [6.45, 7) is 1.72. The lowest BCUT2D eigenvalue weighted by Gasteiger charge is -2.16. The summed E-state index contributed by atoms with van der Waals surface area (Å²) < 4.78 is 16.0. The van der Waals surface area contributed by atoms with Crippen LogP contribution in [0, 0.1) is 10.6 Å². The van der Waals surface area contributed by atoms with Crippen molar-refractivity contribution in [3.05, 3.63) is 80.6 Å². The van der Waals surface area contributed by atoms with Crippen molar-refractivity contribution >= 4 is 41.3 Å². The fraction of sp³-hybridized carbons (Fsp3) is 0.111. The van der Waals surface area contributed by atoms with E-state index in [2.05, 4.69) is 10.3 Å². The first kappa shape index (κ1) is 18.6. The maximum absolute atomic E-state index is 13.7. The molecule has 3 aromatic rings. The molecule has 26 heavy (non-hydrogen) atoms. The number of hydrogen-bond donors (Lipinski definition) is 2. The maximum Gasteiger partial charge on any atom is 0.251 e. The minimum Gasteiger partial charge on any atom is -0.345 e. The fourth-order valence-corrected chi connectivity index (χ4v) is 3.31. The highest BCUT2D eigenvalue weighted by Gasteiger charge is 2.16. The summed E-state index contributed by atoms with van der Waals surface area (Å²) in [6.07, 6.45) is 3.54. The van der Waals surface area contributed by atoms with Crippen molar-refractivity contribution in [3.63, 3.8) is 0 Å². The van der Waals surface area contributed by atoms with Crippen LogP contribution >= 0.6 is 35.4 Å². The fourth-order valence-electron chi connectivity index (χ4n) is 2.52. The van der Waals surface area contributed by atoms with Gasteiger partial charge in [-0.25, -0.2) is 4.39 Å². The Labute approximate surface area is 164 Å². The van der Waals surface area contributed by atoms with Crippen molar-refractivity contribution < 1.29 is 9.18 Å². The van der Waals surface area contributed by atoms with E-state index in [0.29, 0.717) is 20.9 Å². The number of imidazole rings is 1. The second-order valence-electron chi connectivity index (χ2n) is 5.67. The number of hydrogen-bond acceptors (Lipinski definition) is 2. The molecule has 0 fully saturated rings. The van der Waals surface area contributed by atoms with Gasteiger partial charge in [0.25, 0.3) is 5.91 Å². The van der Waals surface area contributed by atoms with Crippen LogP contribution in [0.3, 0.4) is 0 Å². The number of carbonyl (C=O) groups is 1. The van der Waals surface area contributed by atoms with Crippen LogP contribution in [0.4, 0.5) is 4.39 Å². The molecular formula is C18H14Cl2FN3OS. The van der Waals surface area contributed by atoms with Crippen LogP contribution in [0.15, 0.2) is 48.8 Å². The summed E-state index contributed by atoms with van der Waals surface area (Å²) in [4.78, 5) is 15.4. The van der Waals surface area contributed by atoms with Gasteiger partial charge in [0.05, 0.1) is 11.1 Å². The normalized spacial score (nSPS) is 12.0. The third-order valence-electron chi connectivity index (χ3n) is 3.91. The monoisotopic (exact) mass is 409 g/mol. The standard InChI is InChI=1S/C18H14Cl2FN3OS/c1-10(13-8-16(21)15(20)9-14(13)19)23-17(25)11-2-4-12(5-3-11)24-7-6-22-18(24)26/h2-10H,1H3,(H,22,26)(H,23,25). The van der Waals surface area contributed by atoms with Gasteiger partial charge in [-0.15, -0.1) is 0 Å². The average Bonchev–Trinajstić information content (AvgIpc) is 3.04. The van der Waals surface area contributed by atoms with Gasteiger partial charge in [-0.05, 0) is 61.1 Å². The average molecular weight is 410 g/mol. The Balaban J connectivity index is 1.77. The molecule has 0 saturated heterocycles. The van der Waals surface area contributed by atoms with E-state index >= 15 is 0 Å². The number of halogens is 3. The Bertz CT molecular complexity index is 1010. The highest BCUT2D eigenvalue weighted by atomic mass is 35.5. The van der Waals surface area contributed by atoms with Crippen LogP contribution < -0.4 is 5.32 Å². The van der Waals surface area contributed by atoms with Gasteiger partial charge in [0.15, 0.2) is 4.77 Å². The van der Waals surface area contributed by atoms with E-state index in [-0.39, 0.29) is 10.9 Å². The van der Waals surface area contributed by atoms with Crippen LogP contribution in [-0.4, -0.2) is 15.5 Å². The second-order valence-corrected chi connectivity index (χ2v) is 6.87. The molecule has 0 saturated carbocycles. The van der Waals surface area contributed by atoms with Crippen molar-refractivity contribution in [3.8, 4) is 5.69 Å². The van der Waals surface area contributed by atoms with Crippen LogP contribution in [-0.2, 0) is 0 Å². The van der Waals surface area contributed by atoms with Crippen molar-refractivity contribution in [2.75, 3.05) is 0 Å². The molecule has 1 atom stereocenters. The summed E-state index contributed by atoms with van der Waals surface area (Å²) in [6, 6.07) is 9.03. The number of H-pyrrole nitrogens is 1. The van der Waals surface area contributed by atoms with Gasteiger partial charge in [-0.3, -0.25) is 9.36 Å². The third kappa shape index (κ3) is 3.82. The summed E-state index contributed by atoms with van der Waals surface area (Å²) in [5.74, 6) is -0.882. The second kappa shape index (κ2) is 7.61. The van der Waals surface area contributed by atoms with Gasteiger partial charge in [0.1, 0.15) is 5.82 Å². The van der Waals surface area contributed by atoms with Gasteiger partial charge in [0, 0.05) is 28.7 Å². The Hall–Kier alpha value is -2.15. The van der Waals surface area contributed by atoms with Gasteiger partial charge >= 0.3 is 0 Å². The Morgan fingerprint density at radius 1 is 1.23 bits per heavy atom. The summed E-state index contributed by atoms with van der Waals surface area (Å²) in [5.41, 5.74) is 1.76. The van der Waals surface area contributed by atoms with Gasteiger partial charge in [-0.1, -0.05) is 23.2 Å². The first-order valence-corrected chi connectivity index (χ1v) is 8.85. The molecule has 8 heteroatoms. The van der Waals surface area contributed by atoms with E-state index in [1.807, 2.05) is 0 Å². The van der Waals surface area contributed by atoms with E-state index in [1.54, 1.807) is 48.1 Å².